The quantitative estimate of drug-likeness (QED) is 0.782. The molecule has 1 aliphatic rings. The average molecular weight is 337 g/mol. The van der Waals surface area contributed by atoms with E-state index in [1.54, 1.807) is 0 Å². The summed E-state index contributed by atoms with van der Waals surface area (Å²) < 4.78 is 5.82. The van der Waals surface area contributed by atoms with Gasteiger partial charge < -0.3 is 15.4 Å². The Bertz CT molecular complexity index is 857. The predicted octanol–water partition coefficient (Wildman–Crippen LogP) is 4.10. The summed E-state index contributed by atoms with van der Waals surface area (Å²) in [4.78, 5) is 6.75. The maximum absolute atomic E-state index is 5.82. The van der Waals surface area contributed by atoms with Crippen LogP contribution in [-0.2, 0) is 6.54 Å². The molecule has 0 radical (unpaired) electrons. The Kier molecular flexibility index (Phi) is 3.86. The first kappa shape index (κ1) is 15.0. The molecule has 0 saturated carbocycles. The van der Waals surface area contributed by atoms with Gasteiger partial charge in [-0.15, -0.1) is 11.3 Å². The molecule has 0 unspecified atom stereocenters. The van der Waals surface area contributed by atoms with Crippen molar-refractivity contribution >= 4 is 22.2 Å². The number of nitrogens with zero attached hydrogens (tertiary/aromatic N) is 2. The van der Waals surface area contributed by atoms with Gasteiger partial charge in [-0.1, -0.05) is 29.8 Å². The van der Waals surface area contributed by atoms with Crippen LogP contribution in [0.25, 0.3) is 11.3 Å². The van der Waals surface area contributed by atoms with Crippen LogP contribution in [0.15, 0.2) is 47.8 Å². The van der Waals surface area contributed by atoms with E-state index in [0.717, 1.165) is 35.8 Å². The van der Waals surface area contributed by atoms with Gasteiger partial charge in [-0.05, 0) is 30.7 Å². The maximum Gasteiger partial charge on any atom is 0.180 e. The van der Waals surface area contributed by atoms with Crippen LogP contribution < -0.4 is 15.4 Å². The lowest BCUT2D eigenvalue weighted by atomic mass is 10.1. The molecule has 0 fully saturated rings. The van der Waals surface area contributed by atoms with E-state index in [2.05, 4.69) is 47.1 Å². The van der Waals surface area contributed by atoms with E-state index < -0.39 is 0 Å². The normalized spacial score (nSPS) is 13.5. The molecule has 5 heteroatoms. The molecule has 24 heavy (non-hydrogen) atoms. The number of nitrogen functional groups attached to an aromatic ring is 1. The number of hydrogen-bond acceptors (Lipinski definition) is 5. The van der Waals surface area contributed by atoms with Gasteiger partial charge in [-0.3, -0.25) is 0 Å². The fraction of sp³-hybridized carbons (Fsp3) is 0.211. The minimum atomic E-state index is 0.593. The van der Waals surface area contributed by atoms with Crippen molar-refractivity contribution in [3.8, 4) is 17.0 Å². The highest BCUT2D eigenvalue weighted by atomic mass is 32.1. The van der Waals surface area contributed by atoms with E-state index in [1.807, 2.05) is 17.5 Å². The van der Waals surface area contributed by atoms with Crippen molar-refractivity contribution in [1.82, 2.24) is 4.98 Å². The highest BCUT2D eigenvalue weighted by Crippen LogP contribution is 2.36. The second-order valence-electron chi connectivity index (χ2n) is 6.01. The first-order valence-electron chi connectivity index (χ1n) is 7.98. The van der Waals surface area contributed by atoms with Gasteiger partial charge in [-0.2, -0.15) is 0 Å². The molecule has 4 rings (SSSR count). The summed E-state index contributed by atoms with van der Waals surface area (Å²) in [7, 11) is 0. The van der Waals surface area contributed by atoms with Crippen LogP contribution in [0.1, 0.15) is 11.1 Å². The highest BCUT2D eigenvalue weighted by molar-refractivity contribution is 7.13. The summed E-state index contributed by atoms with van der Waals surface area (Å²) in [6.45, 7) is 4.57. The molecule has 0 amide bonds. The van der Waals surface area contributed by atoms with Crippen molar-refractivity contribution in [2.75, 3.05) is 23.8 Å². The molecule has 0 atom stereocenters. The van der Waals surface area contributed by atoms with Crippen molar-refractivity contribution in [2.24, 2.45) is 0 Å². The second-order valence-corrected chi connectivity index (χ2v) is 6.90. The zero-order valence-corrected chi connectivity index (χ0v) is 14.3. The number of aryl methyl sites for hydroxylation is 1. The number of nitrogens with two attached hydrogens (primary N) is 1. The van der Waals surface area contributed by atoms with E-state index in [1.165, 1.54) is 22.5 Å². The molecule has 2 aromatic carbocycles. The molecular weight excluding hydrogens is 318 g/mol. The van der Waals surface area contributed by atoms with Crippen molar-refractivity contribution in [1.29, 1.82) is 0 Å². The Morgan fingerprint density at radius 2 is 2.04 bits per heavy atom. The molecule has 0 saturated heterocycles. The van der Waals surface area contributed by atoms with E-state index in [4.69, 9.17) is 10.5 Å². The van der Waals surface area contributed by atoms with Gasteiger partial charge in [0.15, 0.2) is 5.13 Å². The van der Waals surface area contributed by atoms with Crippen LogP contribution >= 0.6 is 11.3 Å². The first-order chi connectivity index (χ1) is 11.7. The van der Waals surface area contributed by atoms with Gasteiger partial charge in [0.05, 0.1) is 17.9 Å². The largest absolute Gasteiger partial charge is 0.490 e. The molecule has 0 spiro atoms. The molecular formula is C19H19N3OS. The molecule has 2 N–H and O–H groups in total. The molecule has 122 valence electrons. The second kappa shape index (κ2) is 6.17. The third kappa shape index (κ3) is 2.95. The number of aromatic nitrogens is 1. The summed E-state index contributed by atoms with van der Waals surface area (Å²) in [5.41, 5.74) is 11.5. The van der Waals surface area contributed by atoms with Crippen LogP contribution in [0.3, 0.4) is 0 Å². The monoisotopic (exact) mass is 337 g/mol. The third-order valence-electron chi connectivity index (χ3n) is 4.23. The first-order valence-corrected chi connectivity index (χ1v) is 8.86. The van der Waals surface area contributed by atoms with Crippen LogP contribution in [0.5, 0.6) is 5.75 Å². The summed E-state index contributed by atoms with van der Waals surface area (Å²) >= 11 is 1.46. The smallest absolute Gasteiger partial charge is 0.180 e. The lowest BCUT2D eigenvalue weighted by molar-refractivity contribution is 0.307. The Balaban J connectivity index is 1.66. The Morgan fingerprint density at radius 3 is 2.79 bits per heavy atom. The van der Waals surface area contributed by atoms with Crippen LogP contribution in [0.2, 0.25) is 0 Å². The van der Waals surface area contributed by atoms with Crippen LogP contribution in [0, 0.1) is 6.92 Å². The molecule has 0 aliphatic carbocycles. The average Bonchev–Trinajstić information content (AvgIpc) is 3.03. The summed E-state index contributed by atoms with van der Waals surface area (Å²) in [6, 6.07) is 14.9. The molecule has 0 bridgehead atoms. The van der Waals surface area contributed by atoms with Gasteiger partial charge in [-0.25, -0.2) is 4.98 Å². The number of ether oxygens (including phenoxy) is 1. The minimum Gasteiger partial charge on any atom is -0.490 e. The van der Waals surface area contributed by atoms with Gasteiger partial charge >= 0.3 is 0 Å². The molecule has 2 heterocycles. The van der Waals surface area contributed by atoms with Crippen LogP contribution in [-0.4, -0.2) is 18.1 Å². The Morgan fingerprint density at radius 1 is 1.21 bits per heavy atom. The van der Waals surface area contributed by atoms with Crippen molar-refractivity contribution in [3.05, 3.63) is 59.0 Å². The van der Waals surface area contributed by atoms with Gasteiger partial charge in [0.2, 0.25) is 0 Å². The predicted molar refractivity (Wildman–Crippen MR) is 99.7 cm³/mol. The van der Waals surface area contributed by atoms with E-state index >= 15 is 0 Å². The standard InChI is InChI=1S/C19H19N3OS/c1-13-2-4-14(5-3-13)11-22-8-9-23-18-7-6-15(10-17(18)22)16-12-24-19(20)21-16/h2-7,10,12H,8-9,11H2,1H3,(H2,20,21). The Labute approximate surface area is 145 Å². The summed E-state index contributed by atoms with van der Waals surface area (Å²) in [5, 5.41) is 2.58. The maximum atomic E-state index is 5.82. The number of fused-ring (bicyclic) bond motifs is 1. The molecule has 1 aliphatic heterocycles. The lowest BCUT2D eigenvalue weighted by Crippen LogP contribution is -2.32. The highest BCUT2D eigenvalue weighted by Gasteiger charge is 2.19. The molecule has 4 nitrogen and oxygen atoms in total. The number of benzene rings is 2. The van der Waals surface area contributed by atoms with Gasteiger partial charge in [0.25, 0.3) is 0 Å². The van der Waals surface area contributed by atoms with Crippen molar-refractivity contribution in [2.45, 2.75) is 13.5 Å². The SMILES string of the molecule is Cc1ccc(CN2CCOc3ccc(-c4csc(N)n4)cc32)cc1. The number of thiazole rings is 1. The zero-order chi connectivity index (χ0) is 16.5. The van der Waals surface area contributed by atoms with Crippen molar-refractivity contribution < 1.29 is 4.74 Å². The molecule has 1 aromatic heterocycles. The third-order valence-corrected chi connectivity index (χ3v) is 4.90. The summed E-state index contributed by atoms with van der Waals surface area (Å²) in [5.74, 6) is 0.931. The topological polar surface area (TPSA) is 51.4 Å². The zero-order valence-electron chi connectivity index (χ0n) is 13.5. The lowest BCUT2D eigenvalue weighted by Gasteiger charge is -2.31. The van der Waals surface area contributed by atoms with Gasteiger partial charge in [0, 0.05) is 17.5 Å². The van der Waals surface area contributed by atoms with Crippen molar-refractivity contribution in [3.63, 3.8) is 0 Å². The minimum absolute atomic E-state index is 0.593. The molecule has 3 aromatic rings. The van der Waals surface area contributed by atoms with Crippen LogP contribution in [0.4, 0.5) is 10.8 Å². The van der Waals surface area contributed by atoms with E-state index in [-0.39, 0.29) is 0 Å². The fourth-order valence-electron chi connectivity index (χ4n) is 2.93. The number of hydrogen-bond donors (Lipinski definition) is 1. The number of anilines is 2. The Hall–Kier alpha value is -2.53. The van der Waals surface area contributed by atoms with E-state index in [0.29, 0.717) is 11.7 Å². The number of rotatable bonds is 3. The van der Waals surface area contributed by atoms with E-state index in [9.17, 15) is 0 Å². The summed E-state index contributed by atoms with van der Waals surface area (Å²) in [6.07, 6.45) is 0. The van der Waals surface area contributed by atoms with Gasteiger partial charge in [0.1, 0.15) is 12.4 Å². The fourth-order valence-corrected chi connectivity index (χ4v) is 3.50.